The molecule has 3 aromatic carbocycles. The zero-order chi connectivity index (χ0) is 26.0. The lowest BCUT2D eigenvalue weighted by molar-refractivity contribution is -0.155. The van der Waals surface area contributed by atoms with Gasteiger partial charge in [-0.1, -0.05) is 41.9 Å². The van der Waals surface area contributed by atoms with Gasteiger partial charge in [0.2, 0.25) is 5.91 Å². The molecule has 2 amide bonds. The van der Waals surface area contributed by atoms with Gasteiger partial charge in [-0.15, -0.1) is 11.8 Å². The highest BCUT2D eigenvalue weighted by Gasteiger charge is 2.57. The molecule has 190 valence electrons. The number of halogens is 2. The number of esters is 1. The normalized spacial score (nSPS) is 20.4. The Bertz CT molecular complexity index is 1340. The zero-order valence-corrected chi connectivity index (χ0v) is 21.1. The van der Waals surface area contributed by atoms with Crippen molar-refractivity contribution in [1.29, 1.82) is 0 Å². The molecule has 5 rings (SSSR count). The molecule has 2 aliphatic rings. The summed E-state index contributed by atoms with van der Waals surface area (Å²) in [5.74, 6) is -0.558. The maximum atomic E-state index is 13.5. The van der Waals surface area contributed by atoms with Crippen LogP contribution in [0.1, 0.15) is 18.4 Å². The van der Waals surface area contributed by atoms with E-state index in [-0.39, 0.29) is 18.1 Å². The third-order valence-corrected chi connectivity index (χ3v) is 8.06. The van der Waals surface area contributed by atoms with E-state index in [0.717, 1.165) is 5.56 Å². The summed E-state index contributed by atoms with van der Waals surface area (Å²) in [5.41, 5.74) is 1.07. The van der Waals surface area contributed by atoms with E-state index in [1.807, 2.05) is 18.2 Å². The molecule has 2 aliphatic heterocycles. The van der Waals surface area contributed by atoms with Gasteiger partial charge in [0.25, 0.3) is 5.91 Å². The lowest BCUT2D eigenvalue weighted by Gasteiger charge is -2.33. The molecule has 2 heterocycles. The molecule has 0 aromatic heterocycles. The Balaban J connectivity index is 1.24. The highest BCUT2D eigenvalue weighted by molar-refractivity contribution is 8.00. The molecule has 0 bridgehead atoms. The van der Waals surface area contributed by atoms with Crippen molar-refractivity contribution in [3.63, 3.8) is 0 Å². The summed E-state index contributed by atoms with van der Waals surface area (Å²) >= 11 is 7.55. The Kier molecular flexibility index (Phi) is 7.08. The molecule has 7 nitrogen and oxygen atoms in total. The fraction of sp³-hybridized carbons (Fsp3) is 0.222. The number of fused-ring (bicyclic) bond motifs is 1. The van der Waals surface area contributed by atoms with Crippen LogP contribution < -0.4 is 10.1 Å². The van der Waals surface area contributed by atoms with Crippen molar-refractivity contribution in [2.24, 2.45) is 0 Å². The van der Waals surface area contributed by atoms with Crippen LogP contribution in [0.5, 0.6) is 11.5 Å². The number of carbonyl (C=O) groups is 3. The van der Waals surface area contributed by atoms with Crippen molar-refractivity contribution in [1.82, 2.24) is 4.90 Å². The fourth-order valence-corrected chi connectivity index (χ4v) is 6.36. The van der Waals surface area contributed by atoms with Crippen LogP contribution in [-0.4, -0.2) is 41.1 Å². The highest BCUT2D eigenvalue weighted by atomic mass is 35.5. The second kappa shape index (κ2) is 10.4. The number of nitrogens with one attached hydrogen (secondary N) is 1. The molecule has 2 atom stereocenters. The van der Waals surface area contributed by atoms with Gasteiger partial charge in [0.15, 0.2) is 12.4 Å². The first-order valence-electron chi connectivity index (χ1n) is 11.6. The van der Waals surface area contributed by atoms with Crippen molar-refractivity contribution in [3.05, 3.63) is 89.2 Å². The summed E-state index contributed by atoms with van der Waals surface area (Å²) in [6, 6.07) is 18.9. The number of nitrogens with zero attached hydrogens (tertiary/aromatic N) is 1. The van der Waals surface area contributed by atoms with Gasteiger partial charge < -0.3 is 19.7 Å². The number of hydrogen-bond acceptors (Lipinski definition) is 6. The van der Waals surface area contributed by atoms with Crippen molar-refractivity contribution < 1.29 is 28.2 Å². The van der Waals surface area contributed by atoms with Gasteiger partial charge in [0.1, 0.15) is 22.5 Å². The first-order chi connectivity index (χ1) is 17.9. The number of amides is 2. The van der Waals surface area contributed by atoms with Gasteiger partial charge in [-0.25, -0.2) is 9.18 Å². The third-order valence-electron chi connectivity index (χ3n) is 6.23. The number of thioether (sulfide) groups is 1. The van der Waals surface area contributed by atoms with Crippen LogP contribution in [0.2, 0.25) is 5.02 Å². The minimum absolute atomic E-state index is 0.178. The van der Waals surface area contributed by atoms with E-state index in [9.17, 15) is 18.8 Å². The largest absolute Gasteiger partial charge is 0.455 e. The molecule has 37 heavy (non-hydrogen) atoms. The number of hydrogen-bond donors (Lipinski definition) is 1. The predicted octanol–water partition coefficient (Wildman–Crippen LogP) is 5.34. The summed E-state index contributed by atoms with van der Waals surface area (Å²) in [5, 5.41) is 3.05. The Hall–Kier alpha value is -3.56. The van der Waals surface area contributed by atoms with E-state index in [1.54, 1.807) is 36.4 Å². The standard InChI is InChI=1S/C27H22ClFN2O5S/c28-18-8-11-23(36-20-4-2-1-3-5-20)21(14-18)30-24(32)15-35-26(34)22-16-37-27(13-12-25(33)31(22)27)17-6-9-19(29)10-7-17/h1-11,14,22H,12-13,15-16H2,(H,30,32)/t22-,27-/m1/s1. The lowest BCUT2D eigenvalue weighted by Crippen LogP contribution is -2.47. The van der Waals surface area contributed by atoms with Crippen LogP contribution in [0, 0.1) is 5.82 Å². The van der Waals surface area contributed by atoms with Gasteiger partial charge >= 0.3 is 5.97 Å². The number of carbonyl (C=O) groups excluding carboxylic acids is 3. The molecule has 0 spiro atoms. The van der Waals surface area contributed by atoms with E-state index in [0.29, 0.717) is 34.4 Å². The Labute approximate surface area is 221 Å². The number of ether oxygens (including phenoxy) is 2. The smallest absolute Gasteiger partial charge is 0.330 e. The number of para-hydroxylation sites is 1. The molecule has 2 saturated heterocycles. The molecule has 3 aromatic rings. The van der Waals surface area contributed by atoms with E-state index in [1.165, 1.54) is 34.9 Å². The minimum Gasteiger partial charge on any atom is -0.455 e. The Morgan fingerprint density at radius 2 is 1.86 bits per heavy atom. The molecule has 0 saturated carbocycles. The molecular formula is C27H22ClFN2O5S. The van der Waals surface area contributed by atoms with Crippen LogP contribution in [-0.2, 0) is 24.0 Å². The molecule has 0 aliphatic carbocycles. The summed E-state index contributed by atoms with van der Waals surface area (Å²) in [7, 11) is 0. The van der Waals surface area contributed by atoms with Crippen LogP contribution in [0.4, 0.5) is 10.1 Å². The lowest BCUT2D eigenvalue weighted by atomic mass is 10.0. The van der Waals surface area contributed by atoms with Crippen LogP contribution in [0.15, 0.2) is 72.8 Å². The average molecular weight is 541 g/mol. The Morgan fingerprint density at radius 1 is 1.11 bits per heavy atom. The summed E-state index contributed by atoms with van der Waals surface area (Å²) in [6.45, 7) is -0.553. The van der Waals surface area contributed by atoms with E-state index in [4.69, 9.17) is 21.1 Å². The molecule has 0 radical (unpaired) electrons. The summed E-state index contributed by atoms with van der Waals surface area (Å²) in [4.78, 5) is 39.1. The van der Waals surface area contributed by atoms with Crippen LogP contribution >= 0.6 is 23.4 Å². The third kappa shape index (κ3) is 5.14. The summed E-state index contributed by atoms with van der Waals surface area (Å²) in [6.07, 6.45) is 0.777. The van der Waals surface area contributed by atoms with Gasteiger partial charge in [0, 0.05) is 17.2 Å². The first kappa shape index (κ1) is 25.1. The van der Waals surface area contributed by atoms with Gasteiger partial charge in [-0.05, 0) is 54.4 Å². The zero-order valence-electron chi connectivity index (χ0n) is 19.5. The maximum Gasteiger partial charge on any atom is 0.330 e. The number of benzene rings is 3. The quantitative estimate of drug-likeness (QED) is 0.407. The van der Waals surface area contributed by atoms with Gasteiger partial charge in [0.05, 0.1) is 5.69 Å². The van der Waals surface area contributed by atoms with Crippen molar-refractivity contribution in [3.8, 4) is 11.5 Å². The van der Waals surface area contributed by atoms with Gasteiger partial charge in [-0.3, -0.25) is 9.59 Å². The Morgan fingerprint density at radius 3 is 2.62 bits per heavy atom. The van der Waals surface area contributed by atoms with Crippen LogP contribution in [0.25, 0.3) is 0 Å². The van der Waals surface area contributed by atoms with Crippen molar-refractivity contribution >= 4 is 46.8 Å². The molecule has 10 heteroatoms. The molecule has 1 N–H and O–H groups in total. The van der Waals surface area contributed by atoms with Crippen molar-refractivity contribution in [2.45, 2.75) is 23.8 Å². The average Bonchev–Trinajstić information content (AvgIpc) is 3.44. The van der Waals surface area contributed by atoms with E-state index >= 15 is 0 Å². The SMILES string of the molecule is O=C(COC(=O)[C@H]1CS[C@@]2(c3ccc(F)cc3)CCC(=O)N12)Nc1cc(Cl)ccc1Oc1ccccc1. The predicted molar refractivity (Wildman–Crippen MR) is 138 cm³/mol. The van der Waals surface area contributed by atoms with Gasteiger partial charge in [-0.2, -0.15) is 0 Å². The number of rotatable bonds is 7. The molecular weight excluding hydrogens is 519 g/mol. The van der Waals surface area contributed by atoms with E-state index < -0.39 is 29.4 Å². The summed E-state index contributed by atoms with van der Waals surface area (Å²) < 4.78 is 24.6. The topological polar surface area (TPSA) is 84.9 Å². The molecule has 2 fully saturated rings. The minimum atomic E-state index is -0.846. The second-order valence-electron chi connectivity index (χ2n) is 8.59. The maximum absolute atomic E-state index is 13.5. The fourth-order valence-electron chi connectivity index (χ4n) is 4.55. The van der Waals surface area contributed by atoms with E-state index in [2.05, 4.69) is 5.32 Å². The monoisotopic (exact) mass is 540 g/mol. The second-order valence-corrected chi connectivity index (χ2v) is 10.3. The van der Waals surface area contributed by atoms with Crippen LogP contribution in [0.3, 0.4) is 0 Å². The molecule has 0 unspecified atom stereocenters. The first-order valence-corrected chi connectivity index (χ1v) is 12.9. The van der Waals surface area contributed by atoms with Crippen molar-refractivity contribution in [2.75, 3.05) is 17.7 Å². The highest BCUT2D eigenvalue weighted by Crippen LogP contribution is 2.54. The number of anilines is 1.